The predicted molar refractivity (Wildman–Crippen MR) is 154 cm³/mol. The molecular weight excluding hydrogens is 488 g/mol. The zero-order valence-electron chi connectivity index (χ0n) is 22.1. The Bertz CT molecular complexity index is 1460. The molecule has 2 saturated heterocycles. The van der Waals surface area contributed by atoms with Gasteiger partial charge in [-0.05, 0) is 61.8 Å². The Kier molecular flexibility index (Phi) is 7.43. The first-order chi connectivity index (χ1) is 19.2. The van der Waals surface area contributed by atoms with E-state index >= 15 is 0 Å². The standard InChI is InChI=1S/C32H34N4O3/c37-31-29(27-21-25(11-14-28(27)34-31)32(38)36-17-19-39-20-18-36)30(24-7-3-1-4-8-24)33-26-12-9-23(10-13-26)22-35-15-5-2-6-16-35/h1,3-4,7-14,21,34,37H,2,5-6,15-20,22H2. The van der Waals surface area contributed by atoms with Crippen LogP contribution in [-0.2, 0) is 11.3 Å². The highest BCUT2D eigenvalue weighted by atomic mass is 16.5. The molecular formula is C32H34N4O3. The summed E-state index contributed by atoms with van der Waals surface area (Å²) in [5, 5.41) is 11.9. The Morgan fingerprint density at radius 1 is 0.872 bits per heavy atom. The molecule has 2 aliphatic heterocycles. The molecule has 2 fully saturated rings. The smallest absolute Gasteiger partial charge is 0.254 e. The second kappa shape index (κ2) is 11.4. The minimum absolute atomic E-state index is 0.0327. The molecule has 0 spiro atoms. The summed E-state index contributed by atoms with van der Waals surface area (Å²) in [5.74, 6) is -0.000345. The van der Waals surface area contributed by atoms with Crippen LogP contribution in [0.4, 0.5) is 5.69 Å². The number of benzene rings is 3. The molecule has 3 heterocycles. The molecule has 0 unspecified atom stereocenters. The van der Waals surface area contributed by atoms with Gasteiger partial charge in [0.1, 0.15) is 0 Å². The van der Waals surface area contributed by atoms with Crippen LogP contribution in [0, 0.1) is 0 Å². The van der Waals surface area contributed by atoms with Crippen LogP contribution in [0.1, 0.15) is 46.3 Å². The average molecular weight is 523 g/mol. The van der Waals surface area contributed by atoms with Crippen LogP contribution in [0.3, 0.4) is 0 Å². The lowest BCUT2D eigenvalue weighted by Gasteiger charge is -2.26. The number of aromatic nitrogens is 1. The van der Waals surface area contributed by atoms with Crippen LogP contribution in [0.2, 0.25) is 0 Å². The second-order valence-corrected chi connectivity index (χ2v) is 10.3. The number of carbonyl (C=O) groups excluding carboxylic acids is 1. The van der Waals surface area contributed by atoms with E-state index in [9.17, 15) is 9.90 Å². The number of aromatic hydroxyl groups is 1. The van der Waals surface area contributed by atoms with Crippen molar-refractivity contribution < 1.29 is 14.6 Å². The average Bonchev–Trinajstić information content (AvgIpc) is 3.32. The largest absolute Gasteiger partial charge is 0.494 e. The number of hydrogen-bond acceptors (Lipinski definition) is 5. The third kappa shape index (κ3) is 5.60. The molecule has 0 saturated carbocycles. The molecule has 7 nitrogen and oxygen atoms in total. The van der Waals surface area contributed by atoms with Gasteiger partial charge in [0, 0.05) is 41.7 Å². The van der Waals surface area contributed by atoms with Crippen molar-refractivity contribution in [1.82, 2.24) is 14.8 Å². The van der Waals surface area contributed by atoms with E-state index in [1.54, 1.807) is 6.07 Å². The lowest BCUT2D eigenvalue weighted by atomic mass is 9.99. The molecule has 0 radical (unpaired) electrons. The monoisotopic (exact) mass is 522 g/mol. The van der Waals surface area contributed by atoms with Gasteiger partial charge in [-0.3, -0.25) is 9.69 Å². The van der Waals surface area contributed by atoms with E-state index in [2.05, 4.69) is 22.0 Å². The summed E-state index contributed by atoms with van der Waals surface area (Å²) in [6, 6.07) is 23.8. The van der Waals surface area contributed by atoms with Gasteiger partial charge in [0.25, 0.3) is 5.91 Å². The van der Waals surface area contributed by atoms with Crippen LogP contribution in [0.25, 0.3) is 10.9 Å². The predicted octanol–water partition coefficient (Wildman–Crippen LogP) is 5.50. The quantitative estimate of drug-likeness (QED) is 0.328. The van der Waals surface area contributed by atoms with Crippen LogP contribution >= 0.6 is 0 Å². The zero-order chi connectivity index (χ0) is 26.6. The lowest BCUT2D eigenvalue weighted by molar-refractivity contribution is 0.0303. The Labute approximate surface area is 228 Å². The number of amides is 1. The topological polar surface area (TPSA) is 81.2 Å². The van der Waals surface area contributed by atoms with Gasteiger partial charge >= 0.3 is 0 Å². The van der Waals surface area contributed by atoms with Crippen LogP contribution in [-0.4, -0.2) is 70.9 Å². The third-order valence-electron chi connectivity index (χ3n) is 7.64. The molecule has 0 atom stereocenters. The highest BCUT2D eigenvalue weighted by molar-refractivity contribution is 6.22. The molecule has 1 aromatic heterocycles. The maximum atomic E-state index is 13.2. The minimum Gasteiger partial charge on any atom is -0.494 e. The number of H-pyrrole nitrogens is 1. The number of likely N-dealkylation sites (tertiary alicyclic amines) is 1. The minimum atomic E-state index is -0.0330. The molecule has 6 rings (SSSR count). The van der Waals surface area contributed by atoms with E-state index in [-0.39, 0.29) is 11.8 Å². The molecule has 0 bridgehead atoms. The van der Waals surface area contributed by atoms with Crippen molar-refractivity contribution in [3.63, 3.8) is 0 Å². The number of nitrogens with one attached hydrogen (secondary N) is 1. The van der Waals surface area contributed by atoms with E-state index in [1.807, 2.05) is 59.5 Å². The number of aromatic amines is 1. The number of aliphatic imine (C=N–C) groups is 1. The molecule has 1 amide bonds. The number of nitrogens with zero attached hydrogens (tertiary/aromatic N) is 3. The van der Waals surface area contributed by atoms with Crippen LogP contribution in [0.5, 0.6) is 5.88 Å². The van der Waals surface area contributed by atoms with Gasteiger partial charge in [0.05, 0.1) is 30.2 Å². The number of morpholine rings is 1. The highest BCUT2D eigenvalue weighted by Crippen LogP contribution is 2.32. The first-order valence-electron chi connectivity index (χ1n) is 13.8. The first kappa shape index (κ1) is 25.3. The number of piperidine rings is 1. The zero-order valence-corrected chi connectivity index (χ0v) is 22.1. The van der Waals surface area contributed by atoms with Crippen molar-refractivity contribution in [3.8, 4) is 5.88 Å². The fourth-order valence-electron chi connectivity index (χ4n) is 5.54. The van der Waals surface area contributed by atoms with Crippen LogP contribution < -0.4 is 0 Å². The maximum absolute atomic E-state index is 13.2. The normalized spacial score (nSPS) is 17.0. The summed E-state index contributed by atoms with van der Waals surface area (Å²) in [5.41, 5.74) is 5.55. The summed E-state index contributed by atoms with van der Waals surface area (Å²) in [4.78, 5) is 25.7. The van der Waals surface area contributed by atoms with Gasteiger partial charge in [0.2, 0.25) is 0 Å². The summed E-state index contributed by atoms with van der Waals surface area (Å²) in [6.45, 7) is 5.53. The number of fused-ring (bicyclic) bond motifs is 1. The number of carbonyl (C=O) groups is 1. The van der Waals surface area contributed by atoms with Crippen molar-refractivity contribution in [2.24, 2.45) is 4.99 Å². The van der Waals surface area contributed by atoms with Crippen LogP contribution in [0.15, 0.2) is 77.8 Å². The fraction of sp³-hybridized carbons (Fsp3) is 0.312. The van der Waals surface area contributed by atoms with E-state index in [4.69, 9.17) is 9.73 Å². The van der Waals surface area contributed by atoms with Gasteiger partial charge in [-0.1, -0.05) is 48.9 Å². The molecule has 200 valence electrons. The molecule has 39 heavy (non-hydrogen) atoms. The van der Waals surface area contributed by atoms with E-state index in [0.29, 0.717) is 43.1 Å². The lowest BCUT2D eigenvalue weighted by Crippen LogP contribution is -2.40. The first-order valence-corrected chi connectivity index (χ1v) is 13.8. The number of hydrogen-bond donors (Lipinski definition) is 2. The Hall–Kier alpha value is -3.94. The SMILES string of the molecule is O=C(c1ccc2[nH]c(O)c(C(=Nc3ccc(CN4CCCCC4)cc3)c3ccccc3)c2c1)N1CCOCC1. The molecule has 0 aliphatic carbocycles. The maximum Gasteiger partial charge on any atom is 0.254 e. The second-order valence-electron chi connectivity index (χ2n) is 10.3. The number of ether oxygens (including phenoxy) is 1. The summed E-state index contributed by atoms with van der Waals surface area (Å²) in [6.07, 6.45) is 3.88. The Morgan fingerprint density at radius 3 is 2.36 bits per heavy atom. The van der Waals surface area contributed by atoms with E-state index in [1.165, 1.54) is 24.8 Å². The van der Waals surface area contributed by atoms with Crippen molar-refractivity contribution in [2.75, 3.05) is 39.4 Å². The molecule has 3 aromatic carbocycles. The molecule has 7 heteroatoms. The summed E-state index contributed by atoms with van der Waals surface area (Å²) < 4.78 is 5.41. The Balaban J connectivity index is 1.37. The molecule has 2 aliphatic rings. The van der Waals surface area contributed by atoms with Gasteiger partial charge in [-0.25, -0.2) is 4.99 Å². The number of rotatable bonds is 6. The van der Waals surface area contributed by atoms with Crippen molar-refractivity contribution in [1.29, 1.82) is 0 Å². The van der Waals surface area contributed by atoms with Gasteiger partial charge in [-0.2, -0.15) is 0 Å². The van der Waals surface area contributed by atoms with E-state index in [0.717, 1.165) is 41.8 Å². The van der Waals surface area contributed by atoms with Gasteiger partial charge < -0.3 is 19.7 Å². The van der Waals surface area contributed by atoms with Gasteiger partial charge in [0.15, 0.2) is 5.88 Å². The van der Waals surface area contributed by atoms with Crippen molar-refractivity contribution in [2.45, 2.75) is 25.8 Å². The van der Waals surface area contributed by atoms with Gasteiger partial charge in [-0.15, -0.1) is 0 Å². The molecule has 4 aromatic rings. The summed E-state index contributed by atoms with van der Waals surface area (Å²) in [7, 11) is 0. The molecule has 2 N–H and O–H groups in total. The van der Waals surface area contributed by atoms with E-state index < -0.39 is 0 Å². The van der Waals surface area contributed by atoms with Crippen molar-refractivity contribution in [3.05, 3.63) is 95.1 Å². The Morgan fingerprint density at radius 2 is 1.62 bits per heavy atom. The summed E-state index contributed by atoms with van der Waals surface area (Å²) >= 11 is 0. The highest BCUT2D eigenvalue weighted by Gasteiger charge is 2.23. The fourth-order valence-corrected chi connectivity index (χ4v) is 5.54. The van der Waals surface area contributed by atoms with Crippen molar-refractivity contribution >= 4 is 28.2 Å². The third-order valence-corrected chi connectivity index (χ3v) is 7.64.